The molecule has 0 radical (unpaired) electrons. The van der Waals surface area contributed by atoms with Gasteiger partial charge in [-0.2, -0.15) is 0 Å². The molecule has 6 nitrogen and oxygen atoms in total. The maximum atomic E-state index is 13.1. The lowest BCUT2D eigenvalue weighted by atomic mass is 10.1. The van der Waals surface area contributed by atoms with Crippen molar-refractivity contribution in [2.75, 3.05) is 16.8 Å². The Balaban J connectivity index is 1.83. The Morgan fingerprint density at radius 3 is 2.23 bits per heavy atom. The fourth-order valence-electron chi connectivity index (χ4n) is 3.06. The molecule has 31 heavy (non-hydrogen) atoms. The third-order valence-electron chi connectivity index (χ3n) is 4.39. The van der Waals surface area contributed by atoms with Crippen LogP contribution in [-0.2, 0) is 14.6 Å². The maximum Gasteiger partial charge on any atom is 0.227 e. The average Bonchev–Trinajstić information content (AvgIpc) is 3.16. The summed E-state index contributed by atoms with van der Waals surface area (Å²) in [6, 6.07) is 18.1. The first-order chi connectivity index (χ1) is 14.7. The van der Waals surface area contributed by atoms with Crippen molar-refractivity contribution >= 4 is 38.0 Å². The van der Waals surface area contributed by atoms with Crippen LogP contribution in [0.3, 0.4) is 0 Å². The molecule has 1 aromatic heterocycles. The molecule has 2 aromatic carbocycles. The number of anilines is 1. The summed E-state index contributed by atoms with van der Waals surface area (Å²) < 4.78 is 24.1. The predicted molar refractivity (Wildman–Crippen MR) is 124 cm³/mol. The molecule has 0 fully saturated rings. The quantitative estimate of drug-likeness (QED) is 0.481. The van der Waals surface area contributed by atoms with Gasteiger partial charge in [-0.05, 0) is 5.92 Å². The Hall–Kier alpha value is -2.84. The van der Waals surface area contributed by atoms with Gasteiger partial charge in [0, 0.05) is 17.5 Å². The lowest BCUT2D eigenvalue weighted by Crippen LogP contribution is -2.20. The SMILES string of the molecule is CC(C)CS(=O)(=O)CCC(=O)Nc1nc(-c2ccccc2)c(C(=O)c2ccccc2)s1. The van der Waals surface area contributed by atoms with E-state index in [1.54, 1.807) is 24.3 Å². The van der Waals surface area contributed by atoms with Gasteiger partial charge < -0.3 is 5.32 Å². The number of hydrogen-bond acceptors (Lipinski definition) is 6. The van der Waals surface area contributed by atoms with Gasteiger partial charge in [0.1, 0.15) is 4.88 Å². The Morgan fingerprint density at radius 2 is 1.61 bits per heavy atom. The van der Waals surface area contributed by atoms with Crippen molar-refractivity contribution in [1.82, 2.24) is 4.98 Å². The van der Waals surface area contributed by atoms with Crippen molar-refractivity contribution in [2.45, 2.75) is 20.3 Å². The van der Waals surface area contributed by atoms with Crippen molar-refractivity contribution in [3.8, 4) is 11.3 Å². The second kappa shape index (κ2) is 9.98. The molecular weight excluding hydrogens is 432 g/mol. The van der Waals surface area contributed by atoms with E-state index < -0.39 is 15.7 Å². The zero-order chi connectivity index (χ0) is 22.4. The van der Waals surface area contributed by atoms with E-state index in [4.69, 9.17) is 0 Å². The topological polar surface area (TPSA) is 93.2 Å². The molecule has 0 aliphatic heterocycles. The van der Waals surface area contributed by atoms with Crippen LogP contribution in [-0.4, -0.2) is 36.6 Å². The van der Waals surface area contributed by atoms with Crippen LogP contribution in [0.4, 0.5) is 5.13 Å². The molecule has 0 saturated carbocycles. The summed E-state index contributed by atoms with van der Waals surface area (Å²) in [5, 5.41) is 2.92. The number of nitrogens with one attached hydrogen (secondary N) is 1. The number of carbonyl (C=O) groups excluding carboxylic acids is 2. The number of aromatic nitrogens is 1. The number of ketones is 1. The number of thiazole rings is 1. The van der Waals surface area contributed by atoms with Gasteiger partial charge in [0.15, 0.2) is 15.0 Å². The lowest BCUT2D eigenvalue weighted by molar-refractivity contribution is -0.115. The molecule has 1 heterocycles. The lowest BCUT2D eigenvalue weighted by Gasteiger charge is -2.06. The van der Waals surface area contributed by atoms with Crippen LogP contribution in [0.5, 0.6) is 0 Å². The monoisotopic (exact) mass is 456 g/mol. The smallest absolute Gasteiger partial charge is 0.227 e. The number of hydrogen-bond donors (Lipinski definition) is 1. The van der Waals surface area contributed by atoms with Gasteiger partial charge in [-0.25, -0.2) is 13.4 Å². The molecule has 0 bridgehead atoms. The third-order valence-corrected chi connectivity index (χ3v) is 7.36. The Kier molecular flexibility index (Phi) is 7.35. The van der Waals surface area contributed by atoms with E-state index >= 15 is 0 Å². The first kappa shape index (κ1) is 22.8. The molecule has 8 heteroatoms. The van der Waals surface area contributed by atoms with E-state index in [2.05, 4.69) is 10.3 Å². The van der Waals surface area contributed by atoms with Gasteiger partial charge >= 0.3 is 0 Å². The van der Waals surface area contributed by atoms with Gasteiger partial charge in [0.2, 0.25) is 11.7 Å². The normalized spacial score (nSPS) is 11.5. The van der Waals surface area contributed by atoms with E-state index in [-0.39, 0.29) is 34.8 Å². The fourth-order valence-corrected chi connectivity index (χ4v) is 5.71. The fraction of sp³-hybridized carbons (Fsp3) is 0.261. The second-order valence-corrected chi connectivity index (χ2v) is 10.8. The Bertz CT molecular complexity index is 1150. The van der Waals surface area contributed by atoms with Crippen LogP contribution >= 0.6 is 11.3 Å². The van der Waals surface area contributed by atoms with Crippen LogP contribution in [0.15, 0.2) is 60.7 Å². The third kappa shape index (κ3) is 6.32. The van der Waals surface area contributed by atoms with Crippen molar-refractivity contribution < 1.29 is 18.0 Å². The van der Waals surface area contributed by atoms with E-state index in [1.807, 2.05) is 50.2 Å². The van der Waals surface area contributed by atoms with Gasteiger partial charge in [-0.1, -0.05) is 85.8 Å². The number of sulfone groups is 1. The molecule has 1 N–H and O–H groups in total. The van der Waals surface area contributed by atoms with Gasteiger partial charge in [-0.15, -0.1) is 0 Å². The minimum absolute atomic E-state index is 0.00649. The summed E-state index contributed by atoms with van der Waals surface area (Å²) in [6.45, 7) is 3.65. The van der Waals surface area contributed by atoms with Crippen LogP contribution in [0, 0.1) is 5.92 Å². The average molecular weight is 457 g/mol. The number of benzene rings is 2. The highest BCUT2D eigenvalue weighted by Crippen LogP contribution is 2.33. The predicted octanol–water partition coefficient (Wildman–Crippen LogP) is 4.44. The van der Waals surface area contributed by atoms with Crippen LogP contribution in [0.2, 0.25) is 0 Å². The molecule has 162 valence electrons. The molecule has 0 aliphatic carbocycles. The largest absolute Gasteiger partial charge is 0.302 e. The summed E-state index contributed by atoms with van der Waals surface area (Å²) in [7, 11) is -3.30. The molecule has 0 spiro atoms. The molecule has 0 atom stereocenters. The summed E-state index contributed by atoms with van der Waals surface area (Å²) in [6.07, 6.45) is -0.155. The highest BCUT2D eigenvalue weighted by atomic mass is 32.2. The van der Waals surface area contributed by atoms with Crippen LogP contribution in [0.25, 0.3) is 11.3 Å². The van der Waals surface area contributed by atoms with Gasteiger partial charge in [0.25, 0.3) is 0 Å². The zero-order valence-corrected chi connectivity index (χ0v) is 19.0. The molecule has 3 rings (SSSR count). The second-order valence-electron chi connectivity index (χ2n) is 7.56. The number of carbonyl (C=O) groups is 2. The maximum absolute atomic E-state index is 13.1. The van der Waals surface area contributed by atoms with Crippen molar-refractivity contribution in [2.24, 2.45) is 5.92 Å². The standard InChI is InChI=1S/C23H24N2O4S2/c1-16(2)15-31(28,29)14-13-19(26)24-23-25-20(17-9-5-3-6-10-17)22(30-23)21(27)18-11-7-4-8-12-18/h3-12,16H,13-15H2,1-2H3,(H,24,25,26). The van der Waals surface area contributed by atoms with Gasteiger partial charge in [0.05, 0.1) is 17.2 Å². The van der Waals surface area contributed by atoms with Crippen LogP contribution < -0.4 is 5.32 Å². The first-order valence-corrected chi connectivity index (χ1v) is 12.6. The molecule has 1 amide bonds. The molecule has 0 unspecified atom stereocenters. The number of amides is 1. The molecule has 0 saturated heterocycles. The highest BCUT2D eigenvalue weighted by Gasteiger charge is 2.22. The van der Waals surface area contributed by atoms with E-state index in [0.717, 1.165) is 16.9 Å². The summed E-state index contributed by atoms with van der Waals surface area (Å²) in [5.41, 5.74) is 1.78. The molecule has 0 aliphatic rings. The minimum Gasteiger partial charge on any atom is -0.302 e. The van der Waals surface area contributed by atoms with E-state index in [1.165, 1.54) is 0 Å². The summed E-state index contributed by atoms with van der Waals surface area (Å²) >= 11 is 1.09. The van der Waals surface area contributed by atoms with Crippen molar-refractivity contribution in [3.63, 3.8) is 0 Å². The Morgan fingerprint density at radius 1 is 1.00 bits per heavy atom. The van der Waals surface area contributed by atoms with Gasteiger partial charge in [-0.3, -0.25) is 9.59 Å². The minimum atomic E-state index is -3.30. The number of rotatable bonds is 9. The summed E-state index contributed by atoms with van der Waals surface area (Å²) in [5.74, 6) is -0.793. The first-order valence-electron chi connectivity index (χ1n) is 9.91. The summed E-state index contributed by atoms with van der Waals surface area (Å²) in [4.78, 5) is 30.3. The zero-order valence-electron chi connectivity index (χ0n) is 17.4. The van der Waals surface area contributed by atoms with E-state index in [9.17, 15) is 18.0 Å². The van der Waals surface area contributed by atoms with Crippen LogP contribution in [0.1, 0.15) is 35.5 Å². The Labute approximate surface area is 186 Å². The van der Waals surface area contributed by atoms with E-state index in [0.29, 0.717) is 16.1 Å². The van der Waals surface area contributed by atoms with Crippen molar-refractivity contribution in [1.29, 1.82) is 0 Å². The highest BCUT2D eigenvalue weighted by molar-refractivity contribution is 7.91. The van der Waals surface area contributed by atoms with Crippen molar-refractivity contribution in [3.05, 3.63) is 71.1 Å². The number of nitrogens with zero attached hydrogens (tertiary/aromatic N) is 1. The molecular formula is C23H24N2O4S2. The molecule has 3 aromatic rings.